The van der Waals surface area contributed by atoms with Crippen LogP contribution >= 0.6 is 0 Å². The van der Waals surface area contributed by atoms with E-state index in [2.05, 4.69) is 44.9 Å². The summed E-state index contributed by atoms with van der Waals surface area (Å²) in [6.45, 7) is 4.47. The fraction of sp³-hybridized carbons (Fsp3) is 0.391. The van der Waals surface area contributed by atoms with E-state index in [1.807, 2.05) is 6.08 Å². The molecule has 3 aromatic rings. The Kier molecular flexibility index (Phi) is 6.07. The SMILES string of the molecule is Cc1cc(C=CC(=O)NCc2nc(-c3ccncc3)no2)c(C)n1C1CCCCC1. The van der Waals surface area contributed by atoms with Gasteiger partial charge in [0, 0.05) is 41.5 Å². The largest absolute Gasteiger partial charge is 0.346 e. The molecule has 0 unspecified atom stereocenters. The van der Waals surface area contributed by atoms with Crippen LogP contribution in [0.4, 0.5) is 0 Å². The van der Waals surface area contributed by atoms with Crippen molar-refractivity contribution in [2.24, 2.45) is 0 Å². The second-order valence-corrected chi connectivity index (χ2v) is 7.79. The van der Waals surface area contributed by atoms with Crippen LogP contribution in [-0.4, -0.2) is 25.6 Å². The summed E-state index contributed by atoms with van der Waals surface area (Å²) in [5.41, 5.74) is 4.39. The van der Waals surface area contributed by atoms with Crippen molar-refractivity contribution >= 4 is 12.0 Å². The first-order chi connectivity index (χ1) is 14.6. The van der Waals surface area contributed by atoms with Gasteiger partial charge in [-0.3, -0.25) is 9.78 Å². The topological polar surface area (TPSA) is 85.8 Å². The Labute approximate surface area is 176 Å². The van der Waals surface area contributed by atoms with E-state index >= 15 is 0 Å². The number of hydrogen-bond donors (Lipinski definition) is 1. The quantitative estimate of drug-likeness (QED) is 0.615. The van der Waals surface area contributed by atoms with Gasteiger partial charge in [0.2, 0.25) is 17.6 Å². The molecule has 0 radical (unpaired) electrons. The first kappa shape index (κ1) is 20.1. The van der Waals surface area contributed by atoms with Crippen LogP contribution in [0.5, 0.6) is 0 Å². The van der Waals surface area contributed by atoms with Gasteiger partial charge in [0.15, 0.2) is 0 Å². The lowest BCUT2D eigenvalue weighted by atomic mass is 9.95. The Morgan fingerprint density at radius 3 is 2.77 bits per heavy atom. The molecule has 0 aliphatic heterocycles. The normalized spacial score (nSPS) is 15.0. The minimum atomic E-state index is -0.193. The molecule has 0 aromatic carbocycles. The number of nitrogens with zero attached hydrogens (tertiary/aromatic N) is 4. The third kappa shape index (κ3) is 4.50. The molecule has 0 saturated heterocycles. The molecule has 1 fully saturated rings. The Morgan fingerprint density at radius 1 is 1.23 bits per heavy atom. The van der Waals surface area contributed by atoms with Crippen molar-refractivity contribution in [2.45, 2.75) is 58.5 Å². The van der Waals surface area contributed by atoms with Gasteiger partial charge in [0.25, 0.3) is 0 Å². The molecular formula is C23H27N5O2. The number of pyridine rings is 1. The maximum Gasteiger partial charge on any atom is 0.246 e. The fourth-order valence-corrected chi connectivity index (χ4v) is 4.20. The third-order valence-electron chi connectivity index (χ3n) is 5.70. The van der Waals surface area contributed by atoms with Crippen molar-refractivity contribution in [2.75, 3.05) is 0 Å². The van der Waals surface area contributed by atoms with Gasteiger partial charge in [-0.05, 0) is 56.5 Å². The first-order valence-corrected chi connectivity index (χ1v) is 10.5. The standard InChI is InChI=1S/C23H27N5O2/c1-16-14-19(17(2)28(16)20-6-4-3-5-7-20)8-9-21(29)25-15-22-26-23(27-30-22)18-10-12-24-13-11-18/h8-14,20H,3-7,15H2,1-2H3,(H,25,29). The van der Waals surface area contributed by atoms with Gasteiger partial charge >= 0.3 is 0 Å². The van der Waals surface area contributed by atoms with Crippen molar-refractivity contribution in [3.63, 3.8) is 0 Å². The summed E-state index contributed by atoms with van der Waals surface area (Å²) in [5, 5.41) is 6.74. The van der Waals surface area contributed by atoms with E-state index in [4.69, 9.17) is 4.52 Å². The number of carbonyl (C=O) groups is 1. The van der Waals surface area contributed by atoms with Crippen molar-refractivity contribution in [3.8, 4) is 11.4 Å². The Balaban J connectivity index is 1.36. The van der Waals surface area contributed by atoms with E-state index in [1.165, 1.54) is 43.5 Å². The van der Waals surface area contributed by atoms with E-state index in [9.17, 15) is 4.79 Å². The average Bonchev–Trinajstić information content (AvgIpc) is 3.36. The van der Waals surface area contributed by atoms with Gasteiger partial charge in [-0.1, -0.05) is 24.4 Å². The maximum atomic E-state index is 12.3. The summed E-state index contributed by atoms with van der Waals surface area (Å²) >= 11 is 0. The summed E-state index contributed by atoms with van der Waals surface area (Å²) in [6, 6.07) is 6.36. The van der Waals surface area contributed by atoms with Crippen molar-refractivity contribution in [1.82, 2.24) is 25.0 Å². The minimum absolute atomic E-state index is 0.183. The highest BCUT2D eigenvalue weighted by Crippen LogP contribution is 2.32. The summed E-state index contributed by atoms with van der Waals surface area (Å²) in [5.74, 6) is 0.646. The number of carbonyl (C=O) groups excluding carboxylic acids is 1. The van der Waals surface area contributed by atoms with Crippen molar-refractivity contribution in [1.29, 1.82) is 0 Å². The van der Waals surface area contributed by atoms with Gasteiger partial charge in [-0.15, -0.1) is 0 Å². The molecule has 0 atom stereocenters. The fourth-order valence-electron chi connectivity index (χ4n) is 4.20. The second kappa shape index (κ2) is 9.07. The molecular weight excluding hydrogens is 378 g/mol. The van der Waals surface area contributed by atoms with Crippen molar-refractivity contribution in [3.05, 3.63) is 59.5 Å². The van der Waals surface area contributed by atoms with E-state index in [0.717, 1.165) is 11.1 Å². The lowest BCUT2D eigenvalue weighted by molar-refractivity contribution is -0.116. The summed E-state index contributed by atoms with van der Waals surface area (Å²) in [7, 11) is 0. The molecule has 1 amide bonds. The number of hydrogen-bond acceptors (Lipinski definition) is 5. The lowest BCUT2D eigenvalue weighted by Crippen LogP contribution is -2.20. The molecule has 7 nitrogen and oxygen atoms in total. The number of aryl methyl sites for hydroxylation is 1. The molecule has 156 valence electrons. The molecule has 4 rings (SSSR count). The van der Waals surface area contributed by atoms with Gasteiger partial charge < -0.3 is 14.4 Å². The predicted octanol–water partition coefficient (Wildman–Crippen LogP) is 4.38. The Bertz CT molecular complexity index is 1030. The van der Waals surface area contributed by atoms with Crippen LogP contribution in [0.15, 0.2) is 41.2 Å². The number of aromatic nitrogens is 4. The van der Waals surface area contributed by atoms with Gasteiger partial charge in [0.05, 0.1) is 6.54 Å². The third-order valence-corrected chi connectivity index (χ3v) is 5.70. The highest BCUT2D eigenvalue weighted by molar-refractivity contribution is 5.91. The van der Waals surface area contributed by atoms with Gasteiger partial charge in [-0.2, -0.15) is 4.98 Å². The van der Waals surface area contributed by atoms with Crippen LogP contribution in [0.2, 0.25) is 0 Å². The summed E-state index contributed by atoms with van der Waals surface area (Å²) < 4.78 is 7.65. The average molecular weight is 406 g/mol. The molecule has 1 saturated carbocycles. The molecule has 1 N–H and O–H groups in total. The van der Waals surface area contributed by atoms with E-state index in [0.29, 0.717) is 17.8 Å². The van der Waals surface area contributed by atoms with E-state index in [1.54, 1.807) is 30.6 Å². The van der Waals surface area contributed by atoms with Gasteiger partial charge in [0.1, 0.15) is 0 Å². The van der Waals surface area contributed by atoms with Crippen LogP contribution in [-0.2, 0) is 11.3 Å². The Hall–Kier alpha value is -3.22. The molecule has 0 spiro atoms. The molecule has 1 aliphatic rings. The lowest BCUT2D eigenvalue weighted by Gasteiger charge is -2.26. The second-order valence-electron chi connectivity index (χ2n) is 7.79. The highest BCUT2D eigenvalue weighted by Gasteiger charge is 2.19. The van der Waals surface area contributed by atoms with Crippen LogP contribution in [0, 0.1) is 13.8 Å². The number of nitrogens with one attached hydrogen (secondary N) is 1. The zero-order valence-corrected chi connectivity index (χ0v) is 17.5. The summed E-state index contributed by atoms with van der Waals surface area (Å²) in [6.07, 6.45) is 13.2. The van der Waals surface area contributed by atoms with Crippen LogP contribution in [0.25, 0.3) is 17.5 Å². The van der Waals surface area contributed by atoms with Crippen LogP contribution < -0.4 is 5.32 Å². The van der Waals surface area contributed by atoms with E-state index in [-0.39, 0.29) is 12.5 Å². The van der Waals surface area contributed by atoms with Crippen molar-refractivity contribution < 1.29 is 9.32 Å². The molecule has 3 aromatic heterocycles. The predicted molar refractivity (Wildman–Crippen MR) is 114 cm³/mol. The molecule has 3 heterocycles. The zero-order valence-electron chi connectivity index (χ0n) is 17.5. The molecule has 0 bridgehead atoms. The smallest absolute Gasteiger partial charge is 0.246 e. The van der Waals surface area contributed by atoms with Crippen LogP contribution in [0.3, 0.4) is 0 Å². The minimum Gasteiger partial charge on any atom is -0.346 e. The molecule has 30 heavy (non-hydrogen) atoms. The summed E-state index contributed by atoms with van der Waals surface area (Å²) in [4.78, 5) is 20.5. The Morgan fingerprint density at radius 2 is 2.00 bits per heavy atom. The maximum absolute atomic E-state index is 12.3. The van der Waals surface area contributed by atoms with Gasteiger partial charge in [-0.25, -0.2) is 0 Å². The van der Waals surface area contributed by atoms with E-state index < -0.39 is 0 Å². The zero-order chi connectivity index (χ0) is 20.9. The van der Waals surface area contributed by atoms with Crippen LogP contribution in [0.1, 0.15) is 61.0 Å². The molecule has 7 heteroatoms. The first-order valence-electron chi connectivity index (χ1n) is 10.5. The molecule has 1 aliphatic carbocycles. The number of amides is 1. The highest BCUT2D eigenvalue weighted by atomic mass is 16.5. The number of rotatable bonds is 6. The monoisotopic (exact) mass is 405 g/mol.